The van der Waals surface area contributed by atoms with Crippen LogP contribution in [0.2, 0.25) is 0 Å². The average Bonchev–Trinajstić information content (AvgIpc) is 3.11. The number of amides is 1. The van der Waals surface area contributed by atoms with E-state index in [2.05, 4.69) is 31.2 Å². The molecule has 2 fully saturated rings. The number of carbonyl (C=O) groups excluding carboxylic acids is 1. The van der Waals surface area contributed by atoms with E-state index in [0.717, 1.165) is 44.5 Å². The lowest BCUT2D eigenvalue weighted by Gasteiger charge is -2.40. The van der Waals surface area contributed by atoms with E-state index in [1.54, 1.807) is 12.1 Å². The highest BCUT2D eigenvalue weighted by molar-refractivity contribution is 5.93. The van der Waals surface area contributed by atoms with Gasteiger partial charge in [0.15, 0.2) is 0 Å². The molecule has 1 aliphatic carbocycles. The topological polar surface area (TPSA) is 65.0 Å². The molecule has 6 heteroatoms. The predicted molar refractivity (Wildman–Crippen MR) is 113 cm³/mol. The van der Waals surface area contributed by atoms with Crippen LogP contribution in [-0.2, 0) is 9.63 Å². The van der Waals surface area contributed by atoms with Crippen molar-refractivity contribution in [3.8, 4) is 5.75 Å². The predicted octanol–water partition coefficient (Wildman–Crippen LogP) is 3.43. The van der Waals surface area contributed by atoms with E-state index in [9.17, 15) is 9.90 Å². The average molecular weight is 400 g/mol. The van der Waals surface area contributed by atoms with Crippen molar-refractivity contribution in [2.75, 3.05) is 31.1 Å². The normalized spacial score (nSPS) is 27.7. The molecule has 0 unspecified atom stereocenters. The van der Waals surface area contributed by atoms with Gasteiger partial charge in [-0.2, -0.15) is 0 Å². The maximum absolute atomic E-state index is 13.0. The number of hydroxylamine groups is 1. The summed E-state index contributed by atoms with van der Waals surface area (Å²) in [4.78, 5) is 23.1. The molecule has 4 rings (SSSR count). The number of rotatable bonds is 2. The first-order valence-electron chi connectivity index (χ1n) is 10.8. The van der Waals surface area contributed by atoms with Crippen molar-refractivity contribution in [2.24, 2.45) is 11.3 Å². The van der Waals surface area contributed by atoms with Crippen molar-refractivity contribution in [2.45, 2.75) is 52.1 Å². The highest BCUT2D eigenvalue weighted by atomic mass is 16.7. The molecule has 0 aromatic heterocycles. The number of aromatic hydroxyl groups is 1. The Balaban J connectivity index is 1.34. The van der Waals surface area contributed by atoms with E-state index in [0.29, 0.717) is 30.1 Å². The Kier molecular flexibility index (Phi) is 5.23. The summed E-state index contributed by atoms with van der Waals surface area (Å²) < 4.78 is 0. The summed E-state index contributed by atoms with van der Waals surface area (Å²) in [6.07, 6.45) is 6.24. The number of phenols is 1. The monoisotopic (exact) mass is 399 g/mol. The van der Waals surface area contributed by atoms with Crippen LogP contribution >= 0.6 is 0 Å². The molecule has 0 atom stereocenters. The number of carbonyl (C=O) groups is 1. The third-order valence-corrected chi connectivity index (χ3v) is 6.84. The van der Waals surface area contributed by atoms with Gasteiger partial charge in [0.25, 0.3) is 5.91 Å². The minimum atomic E-state index is -0.319. The first-order chi connectivity index (χ1) is 13.8. The zero-order valence-corrected chi connectivity index (χ0v) is 17.8. The Morgan fingerprint density at radius 1 is 1.10 bits per heavy atom. The molecule has 1 saturated heterocycles. The van der Waals surface area contributed by atoms with Crippen molar-refractivity contribution < 1.29 is 14.7 Å². The second-order valence-corrected chi connectivity index (χ2v) is 9.76. The van der Waals surface area contributed by atoms with E-state index >= 15 is 0 Å². The summed E-state index contributed by atoms with van der Waals surface area (Å²) >= 11 is 0. The fraction of sp³-hybridized carbons (Fsp3) is 0.609. The zero-order chi connectivity index (χ0) is 20.6. The van der Waals surface area contributed by atoms with Crippen LogP contribution in [-0.4, -0.2) is 47.7 Å². The molecule has 3 aliphatic rings. The number of piperazine rings is 1. The van der Waals surface area contributed by atoms with Gasteiger partial charge in [-0.25, -0.2) is 0 Å². The Bertz CT molecular complexity index is 766. The molecule has 1 amide bonds. The standard InChI is InChI=1S/C23H33N3O3/c1-22(2,3)17-8-10-23(11-9-17)16-20(24-29-23)21(28)26-14-12-25(13-15-26)18-4-6-19(27)7-5-18/h4-7,16-17,24,27H,8-15H2,1-3H3. The SMILES string of the molecule is CC(C)(C)C1CCC2(C=C(C(=O)N3CCN(c4ccc(O)cc4)CC3)NO2)CC1. The maximum Gasteiger partial charge on any atom is 0.272 e. The molecular weight excluding hydrogens is 366 g/mol. The van der Waals surface area contributed by atoms with E-state index < -0.39 is 0 Å². The van der Waals surface area contributed by atoms with Crippen molar-refractivity contribution in [1.82, 2.24) is 10.4 Å². The van der Waals surface area contributed by atoms with Crippen LogP contribution in [0.15, 0.2) is 36.0 Å². The smallest absolute Gasteiger partial charge is 0.272 e. The molecule has 1 aromatic carbocycles. The molecule has 2 aliphatic heterocycles. The highest BCUT2D eigenvalue weighted by Gasteiger charge is 2.43. The third kappa shape index (κ3) is 4.22. The first-order valence-corrected chi connectivity index (χ1v) is 10.8. The van der Waals surface area contributed by atoms with Gasteiger partial charge in [-0.3, -0.25) is 15.1 Å². The number of nitrogens with one attached hydrogen (secondary N) is 1. The molecule has 6 nitrogen and oxygen atoms in total. The fourth-order valence-electron chi connectivity index (χ4n) is 4.80. The molecule has 158 valence electrons. The van der Waals surface area contributed by atoms with Crippen LogP contribution in [0.5, 0.6) is 5.75 Å². The van der Waals surface area contributed by atoms with Crippen molar-refractivity contribution >= 4 is 11.6 Å². The third-order valence-electron chi connectivity index (χ3n) is 6.84. The lowest BCUT2D eigenvalue weighted by Crippen LogP contribution is -2.49. The maximum atomic E-state index is 13.0. The number of anilines is 1. The van der Waals surface area contributed by atoms with E-state index in [4.69, 9.17) is 4.84 Å². The summed E-state index contributed by atoms with van der Waals surface area (Å²) in [6, 6.07) is 7.23. The molecule has 0 bridgehead atoms. The summed E-state index contributed by atoms with van der Waals surface area (Å²) in [6.45, 7) is 9.85. The lowest BCUT2D eigenvalue weighted by molar-refractivity contribution is -0.130. The van der Waals surface area contributed by atoms with Gasteiger partial charge in [0.05, 0.1) is 0 Å². The lowest BCUT2D eigenvalue weighted by atomic mass is 9.68. The molecule has 1 spiro atoms. The van der Waals surface area contributed by atoms with Gasteiger partial charge in [0.2, 0.25) is 0 Å². The van der Waals surface area contributed by atoms with Gasteiger partial charge in [-0.15, -0.1) is 0 Å². The number of phenolic OH excluding ortho intramolecular Hbond substituents is 1. The first kappa shape index (κ1) is 20.1. The van der Waals surface area contributed by atoms with E-state index in [-0.39, 0.29) is 17.3 Å². The minimum Gasteiger partial charge on any atom is -0.508 e. The number of nitrogens with zero attached hydrogens (tertiary/aromatic N) is 2. The van der Waals surface area contributed by atoms with Gasteiger partial charge in [-0.05, 0) is 67.4 Å². The molecule has 1 saturated carbocycles. The van der Waals surface area contributed by atoms with Crippen LogP contribution in [0.3, 0.4) is 0 Å². The van der Waals surface area contributed by atoms with Crippen molar-refractivity contribution in [1.29, 1.82) is 0 Å². The summed E-state index contributed by atoms with van der Waals surface area (Å²) in [5.41, 5.74) is 4.62. The highest BCUT2D eigenvalue weighted by Crippen LogP contribution is 2.44. The Morgan fingerprint density at radius 3 is 2.31 bits per heavy atom. The van der Waals surface area contributed by atoms with Crippen LogP contribution in [0.1, 0.15) is 46.5 Å². The Hall–Kier alpha value is -2.21. The molecule has 29 heavy (non-hydrogen) atoms. The quantitative estimate of drug-likeness (QED) is 0.798. The molecule has 0 radical (unpaired) electrons. The largest absolute Gasteiger partial charge is 0.508 e. The second-order valence-electron chi connectivity index (χ2n) is 9.76. The number of benzene rings is 1. The van der Waals surface area contributed by atoms with Crippen molar-refractivity contribution in [3.05, 3.63) is 36.0 Å². The van der Waals surface area contributed by atoms with Crippen LogP contribution in [0.25, 0.3) is 0 Å². The van der Waals surface area contributed by atoms with Crippen LogP contribution < -0.4 is 10.4 Å². The van der Waals surface area contributed by atoms with Crippen LogP contribution in [0, 0.1) is 11.3 Å². The van der Waals surface area contributed by atoms with E-state index in [1.807, 2.05) is 23.1 Å². The van der Waals surface area contributed by atoms with Gasteiger partial charge in [0.1, 0.15) is 17.0 Å². The molecule has 2 N–H and O–H groups in total. The van der Waals surface area contributed by atoms with Gasteiger partial charge >= 0.3 is 0 Å². The Labute approximate surface area is 173 Å². The van der Waals surface area contributed by atoms with Crippen LogP contribution in [0.4, 0.5) is 5.69 Å². The van der Waals surface area contributed by atoms with Gasteiger partial charge in [-0.1, -0.05) is 20.8 Å². The van der Waals surface area contributed by atoms with Gasteiger partial charge in [0, 0.05) is 31.9 Å². The summed E-state index contributed by atoms with van der Waals surface area (Å²) in [7, 11) is 0. The zero-order valence-electron chi connectivity index (χ0n) is 17.8. The minimum absolute atomic E-state index is 0.0326. The molecular formula is C23H33N3O3. The summed E-state index contributed by atoms with van der Waals surface area (Å²) in [5.74, 6) is 1.01. The van der Waals surface area contributed by atoms with Crippen molar-refractivity contribution in [3.63, 3.8) is 0 Å². The Morgan fingerprint density at radius 2 is 1.72 bits per heavy atom. The number of hydrogen-bond acceptors (Lipinski definition) is 5. The van der Waals surface area contributed by atoms with E-state index in [1.165, 1.54) is 0 Å². The molecule has 2 heterocycles. The second kappa shape index (κ2) is 7.56. The van der Waals surface area contributed by atoms with Gasteiger partial charge < -0.3 is 14.9 Å². The molecule has 1 aromatic rings. The summed E-state index contributed by atoms with van der Waals surface area (Å²) in [5, 5.41) is 9.45. The fourth-order valence-corrected chi connectivity index (χ4v) is 4.80. The number of hydrogen-bond donors (Lipinski definition) is 2.